The number of Topliss-reactive ketones (excluding diaryl/α,β-unsaturated/α-hetero) is 1. The number of hydrogen-bond acceptors (Lipinski definition) is 8. The van der Waals surface area contributed by atoms with Gasteiger partial charge in [-0.05, 0) is 40.2 Å². The summed E-state index contributed by atoms with van der Waals surface area (Å²) in [6.45, 7) is -0.534. The van der Waals surface area contributed by atoms with Crippen molar-refractivity contribution in [2.75, 3.05) is 12.9 Å². The van der Waals surface area contributed by atoms with Gasteiger partial charge >= 0.3 is 5.97 Å². The maximum absolute atomic E-state index is 12.0. The van der Waals surface area contributed by atoms with Crippen LogP contribution in [0.5, 0.6) is 0 Å². The van der Waals surface area contributed by atoms with Crippen LogP contribution in [0.25, 0.3) is 0 Å². The standard InChI is InChI=1S/C14H10BrNO7S2/c1-25(21,22)12-4-2-8(6-9(12)16(19)20)14(18)23-7-10(17)11-3-5-13(15)24-11/h2-6H,7H2,1H3. The Hall–Kier alpha value is -2.11. The molecule has 0 aliphatic heterocycles. The molecule has 1 aromatic carbocycles. The van der Waals surface area contributed by atoms with Gasteiger partial charge in [0.1, 0.15) is 4.90 Å². The van der Waals surface area contributed by atoms with Crippen molar-refractivity contribution in [3.05, 3.63) is 54.7 Å². The number of sulfone groups is 1. The first-order chi connectivity index (χ1) is 11.6. The summed E-state index contributed by atoms with van der Waals surface area (Å²) < 4.78 is 28.7. The van der Waals surface area contributed by atoms with Crippen LogP contribution >= 0.6 is 27.3 Å². The third kappa shape index (κ3) is 4.71. The maximum atomic E-state index is 12.0. The number of nitrogens with zero attached hydrogens (tertiary/aromatic N) is 1. The Kier molecular flexibility index (Phi) is 5.70. The number of carbonyl (C=O) groups is 2. The van der Waals surface area contributed by atoms with E-state index in [0.29, 0.717) is 4.88 Å². The van der Waals surface area contributed by atoms with Crippen LogP contribution < -0.4 is 0 Å². The molecule has 0 bridgehead atoms. The first-order valence-electron chi connectivity index (χ1n) is 6.54. The van der Waals surface area contributed by atoms with Crippen LogP contribution in [-0.4, -0.2) is 38.0 Å². The summed E-state index contributed by atoms with van der Waals surface area (Å²) in [4.78, 5) is 33.9. The molecule has 25 heavy (non-hydrogen) atoms. The van der Waals surface area contributed by atoms with E-state index in [1.165, 1.54) is 11.3 Å². The number of ketones is 1. The fourth-order valence-corrected chi connectivity index (χ4v) is 3.99. The lowest BCUT2D eigenvalue weighted by Gasteiger charge is -2.05. The van der Waals surface area contributed by atoms with Gasteiger partial charge in [0, 0.05) is 12.3 Å². The van der Waals surface area contributed by atoms with Crippen molar-refractivity contribution in [2.45, 2.75) is 4.90 Å². The SMILES string of the molecule is CS(=O)(=O)c1ccc(C(=O)OCC(=O)c2ccc(Br)s2)cc1[N+](=O)[O-]. The second-order valence-corrected chi connectivity index (χ2v) is 9.26. The lowest BCUT2D eigenvalue weighted by Crippen LogP contribution is -2.14. The summed E-state index contributed by atoms with van der Waals surface area (Å²) in [6, 6.07) is 6.11. The molecule has 0 aliphatic rings. The van der Waals surface area contributed by atoms with Gasteiger partial charge in [0.15, 0.2) is 16.4 Å². The van der Waals surface area contributed by atoms with Crippen LogP contribution in [0, 0.1) is 10.1 Å². The number of halogens is 1. The predicted molar refractivity (Wildman–Crippen MR) is 92.8 cm³/mol. The van der Waals surface area contributed by atoms with E-state index in [4.69, 9.17) is 4.74 Å². The van der Waals surface area contributed by atoms with E-state index in [1.54, 1.807) is 12.1 Å². The topological polar surface area (TPSA) is 121 Å². The Morgan fingerprint density at radius 2 is 1.96 bits per heavy atom. The largest absolute Gasteiger partial charge is 0.454 e. The Morgan fingerprint density at radius 1 is 1.28 bits per heavy atom. The highest BCUT2D eigenvalue weighted by Gasteiger charge is 2.24. The molecule has 0 unspecified atom stereocenters. The number of ether oxygens (including phenoxy) is 1. The highest BCUT2D eigenvalue weighted by atomic mass is 79.9. The zero-order valence-electron chi connectivity index (χ0n) is 12.6. The van der Waals surface area contributed by atoms with Gasteiger partial charge in [0.05, 0.1) is 19.2 Å². The fraction of sp³-hybridized carbons (Fsp3) is 0.143. The van der Waals surface area contributed by atoms with E-state index in [-0.39, 0.29) is 5.56 Å². The van der Waals surface area contributed by atoms with Crippen LogP contribution in [0.15, 0.2) is 39.0 Å². The first kappa shape index (κ1) is 19.2. The molecule has 11 heteroatoms. The van der Waals surface area contributed by atoms with Crippen LogP contribution in [-0.2, 0) is 14.6 Å². The lowest BCUT2D eigenvalue weighted by atomic mass is 10.2. The normalized spacial score (nSPS) is 11.1. The summed E-state index contributed by atoms with van der Waals surface area (Å²) >= 11 is 4.38. The summed E-state index contributed by atoms with van der Waals surface area (Å²) in [5.41, 5.74) is -0.954. The molecule has 2 aromatic rings. The number of thiophene rings is 1. The van der Waals surface area contributed by atoms with Crippen molar-refractivity contribution in [1.82, 2.24) is 0 Å². The van der Waals surface area contributed by atoms with Crippen molar-refractivity contribution < 1.29 is 27.7 Å². The summed E-state index contributed by atoms with van der Waals surface area (Å²) in [5.74, 6) is -1.39. The molecule has 0 atom stereocenters. The van der Waals surface area contributed by atoms with Crippen LogP contribution in [0.4, 0.5) is 5.69 Å². The molecule has 1 heterocycles. The number of carbonyl (C=O) groups excluding carboxylic acids is 2. The highest BCUT2D eigenvalue weighted by molar-refractivity contribution is 9.11. The van der Waals surface area contributed by atoms with Crippen LogP contribution in [0.2, 0.25) is 0 Å². The summed E-state index contributed by atoms with van der Waals surface area (Å²) in [7, 11) is -3.83. The van der Waals surface area contributed by atoms with Gasteiger partial charge < -0.3 is 4.74 Å². The minimum absolute atomic E-state index is 0.223. The molecular weight excluding hydrogens is 438 g/mol. The monoisotopic (exact) mass is 447 g/mol. The van der Waals surface area contributed by atoms with Gasteiger partial charge in [-0.2, -0.15) is 0 Å². The smallest absolute Gasteiger partial charge is 0.338 e. The Balaban J connectivity index is 2.18. The van der Waals surface area contributed by atoms with Gasteiger partial charge in [0.2, 0.25) is 5.78 Å². The molecule has 0 radical (unpaired) electrons. The van der Waals surface area contributed by atoms with Crippen molar-refractivity contribution in [3.63, 3.8) is 0 Å². The number of nitro benzene ring substituents is 1. The second kappa shape index (κ2) is 7.42. The number of hydrogen-bond donors (Lipinski definition) is 0. The van der Waals surface area contributed by atoms with Gasteiger partial charge in [-0.1, -0.05) is 0 Å². The minimum atomic E-state index is -3.83. The molecule has 0 aliphatic carbocycles. The van der Waals surface area contributed by atoms with Gasteiger partial charge in [-0.15, -0.1) is 11.3 Å². The highest BCUT2D eigenvalue weighted by Crippen LogP contribution is 2.26. The van der Waals surface area contributed by atoms with E-state index in [2.05, 4.69) is 15.9 Å². The fourth-order valence-electron chi connectivity index (χ4n) is 1.85. The third-order valence-electron chi connectivity index (χ3n) is 2.97. The molecule has 132 valence electrons. The van der Waals surface area contributed by atoms with Gasteiger partial charge in [-0.25, -0.2) is 13.2 Å². The molecule has 8 nitrogen and oxygen atoms in total. The molecule has 0 N–H and O–H groups in total. The zero-order valence-corrected chi connectivity index (χ0v) is 15.8. The van der Waals surface area contributed by atoms with Crippen LogP contribution in [0.3, 0.4) is 0 Å². The van der Waals surface area contributed by atoms with E-state index >= 15 is 0 Å². The van der Waals surface area contributed by atoms with E-state index in [9.17, 15) is 28.1 Å². The molecule has 2 rings (SSSR count). The number of rotatable bonds is 6. The summed E-state index contributed by atoms with van der Waals surface area (Å²) in [5, 5.41) is 11.0. The molecule has 0 fully saturated rings. The Labute approximate surface area is 154 Å². The number of benzene rings is 1. The minimum Gasteiger partial charge on any atom is -0.454 e. The average molecular weight is 448 g/mol. The van der Waals surface area contributed by atoms with E-state index < -0.39 is 43.7 Å². The maximum Gasteiger partial charge on any atom is 0.338 e. The van der Waals surface area contributed by atoms with Crippen LogP contribution in [0.1, 0.15) is 20.0 Å². The van der Waals surface area contributed by atoms with E-state index in [0.717, 1.165) is 28.2 Å². The molecule has 1 aromatic heterocycles. The predicted octanol–water partition coefficient (Wildman–Crippen LogP) is 2.86. The number of nitro groups is 1. The molecular formula is C14H10BrNO7S2. The van der Waals surface area contributed by atoms with Gasteiger partial charge in [-0.3, -0.25) is 14.9 Å². The zero-order chi connectivity index (χ0) is 18.8. The average Bonchev–Trinajstić information content (AvgIpc) is 2.97. The van der Waals surface area contributed by atoms with Gasteiger partial charge in [0.25, 0.3) is 5.69 Å². The third-order valence-corrected chi connectivity index (χ3v) is 5.78. The van der Waals surface area contributed by atoms with E-state index in [1.807, 2.05) is 0 Å². The lowest BCUT2D eigenvalue weighted by molar-refractivity contribution is -0.387. The molecule has 0 saturated heterocycles. The van der Waals surface area contributed by atoms with Crippen molar-refractivity contribution in [3.8, 4) is 0 Å². The Bertz CT molecular complexity index is 965. The first-order valence-corrected chi connectivity index (χ1v) is 10.0. The van der Waals surface area contributed by atoms with Crippen molar-refractivity contribution in [1.29, 1.82) is 0 Å². The number of esters is 1. The molecule has 0 saturated carbocycles. The van der Waals surface area contributed by atoms with Crippen molar-refractivity contribution in [2.24, 2.45) is 0 Å². The Morgan fingerprint density at radius 3 is 2.48 bits per heavy atom. The quantitative estimate of drug-likeness (QED) is 0.288. The van der Waals surface area contributed by atoms with Crippen molar-refractivity contribution >= 4 is 54.5 Å². The molecule has 0 spiro atoms. The summed E-state index contributed by atoms with van der Waals surface area (Å²) in [6.07, 6.45) is 0.825. The molecule has 0 amide bonds. The second-order valence-electron chi connectivity index (χ2n) is 4.81.